The molecule has 1 amide bonds. The number of carbonyl (C=O) groups excluding carboxylic acids is 2. The molecule has 6 nitrogen and oxygen atoms in total. The van der Waals surface area contributed by atoms with Crippen molar-refractivity contribution in [3.05, 3.63) is 52.5 Å². The van der Waals surface area contributed by atoms with Crippen molar-refractivity contribution in [1.82, 2.24) is 0 Å². The first-order valence-electron chi connectivity index (χ1n) is 7.57. The van der Waals surface area contributed by atoms with Crippen LogP contribution in [0.15, 0.2) is 46.9 Å². The lowest BCUT2D eigenvalue weighted by atomic mass is 10.2. The minimum atomic E-state index is -0.618. The summed E-state index contributed by atoms with van der Waals surface area (Å²) in [5.74, 6) is -0.0816. The number of hydrogen-bond acceptors (Lipinski definition) is 5. The van der Waals surface area contributed by atoms with Gasteiger partial charge in [-0.15, -0.1) is 0 Å². The van der Waals surface area contributed by atoms with Crippen LogP contribution in [0.4, 0.5) is 5.69 Å². The number of esters is 1. The molecule has 0 spiro atoms. The second-order valence-corrected chi connectivity index (χ2v) is 5.85. The highest BCUT2D eigenvalue weighted by Gasteiger charge is 2.14. The highest BCUT2D eigenvalue weighted by molar-refractivity contribution is 9.10. The fourth-order valence-corrected chi connectivity index (χ4v) is 2.45. The van der Waals surface area contributed by atoms with E-state index in [4.69, 9.17) is 14.2 Å². The molecule has 0 saturated carbocycles. The van der Waals surface area contributed by atoms with Gasteiger partial charge in [-0.05, 0) is 43.3 Å². The average Bonchev–Trinajstić information content (AvgIpc) is 2.60. The molecule has 0 atom stereocenters. The Balaban J connectivity index is 1.95. The van der Waals surface area contributed by atoms with Gasteiger partial charge in [0.25, 0.3) is 5.91 Å². The van der Waals surface area contributed by atoms with Gasteiger partial charge in [0, 0.05) is 10.2 Å². The van der Waals surface area contributed by atoms with Gasteiger partial charge in [0.1, 0.15) is 0 Å². The summed E-state index contributed by atoms with van der Waals surface area (Å²) < 4.78 is 16.5. The zero-order valence-corrected chi connectivity index (χ0v) is 15.5. The van der Waals surface area contributed by atoms with Gasteiger partial charge in [0.15, 0.2) is 18.1 Å². The maximum atomic E-state index is 12.1. The summed E-state index contributed by atoms with van der Waals surface area (Å²) >= 11 is 3.32. The second-order valence-electron chi connectivity index (χ2n) is 4.93. The number of ether oxygens (including phenoxy) is 3. The molecule has 1 N–H and O–H groups in total. The molecule has 0 aliphatic carbocycles. The molecule has 7 heteroatoms. The van der Waals surface area contributed by atoms with E-state index in [1.165, 1.54) is 13.2 Å². The van der Waals surface area contributed by atoms with Crippen LogP contribution < -0.4 is 14.8 Å². The summed E-state index contributed by atoms with van der Waals surface area (Å²) in [4.78, 5) is 24.0. The summed E-state index contributed by atoms with van der Waals surface area (Å²) in [5.41, 5.74) is 0.887. The largest absolute Gasteiger partial charge is 0.493 e. The lowest BCUT2D eigenvalue weighted by Gasteiger charge is -2.11. The molecule has 0 radical (unpaired) electrons. The maximum absolute atomic E-state index is 12.1. The lowest BCUT2D eigenvalue weighted by Crippen LogP contribution is -2.21. The topological polar surface area (TPSA) is 73.9 Å². The molecule has 0 aromatic heterocycles. The Labute approximate surface area is 154 Å². The molecule has 0 bridgehead atoms. The average molecular weight is 408 g/mol. The molecular weight excluding hydrogens is 390 g/mol. The van der Waals surface area contributed by atoms with E-state index in [1.54, 1.807) is 30.3 Å². The molecule has 0 unspecified atom stereocenters. The van der Waals surface area contributed by atoms with Crippen molar-refractivity contribution in [2.45, 2.75) is 6.92 Å². The van der Waals surface area contributed by atoms with E-state index in [0.717, 1.165) is 4.47 Å². The highest BCUT2D eigenvalue weighted by atomic mass is 79.9. The van der Waals surface area contributed by atoms with Gasteiger partial charge in [0.2, 0.25) is 0 Å². The number of carbonyl (C=O) groups is 2. The van der Waals surface area contributed by atoms with Crippen LogP contribution in [0.5, 0.6) is 11.5 Å². The molecule has 25 heavy (non-hydrogen) atoms. The number of hydrogen-bond donors (Lipinski definition) is 1. The van der Waals surface area contributed by atoms with E-state index < -0.39 is 11.9 Å². The monoisotopic (exact) mass is 407 g/mol. The van der Waals surface area contributed by atoms with Gasteiger partial charge in [0.05, 0.1) is 19.3 Å². The van der Waals surface area contributed by atoms with Crippen molar-refractivity contribution < 1.29 is 23.8 Å². The van der Waals surface area contributed by atoms with E-state index in [-0.39, 0.29) is 12.2 Å². The number of amides is 1. The Morgan fingerprint density at radius 1 is 1.12 bits per heavy atom. The van der Waals surface area contributed by atoms with Gasteiger partial charge in [-0.1, -0.05) is 22.0 Å². The van der Waals surface area contributed by atoms with Crippen LogP contribution in [0, 0.1) is 0 Å². The molecule has 2 aromatic rings. The highest BCUT2D eigenvalue weighted by Crippen LogP contribution is 2.28. The summed E-state index contributed by atoms with van der Waals surface area (Å²) in [6.07, 6.45) is 0. The molecule has 132 valence electrons. The molecule has 0 heterocycles. The zero-order chi connectivity index (χ0) is 18.2. The van der Waals surface area contributed by atoms with Gasteiger partial charge >= 0.3 is 5.97 Å². The number of nitrogens with one attached hydrogen (secondary N) is 1. The van der Waals surface area contributed by atoms with Crippen LogP contribution in [0.3, 0.4) is 0 Å². The standard InChI is InChI=1S/C18H18BrNO5/c1-3-24-16-9-12(7-8-15(16)23-2)18(22)25-11-17(21)20-14-6-4-5-13(19)10-14/h4-10H,3,11H2,1-2H3,(H,20,21). The van der Waals surface area contributed by atoms with E-state index >= 15 is 0 Å². The number of halogens is 1. The van der Waals surface area contributed by atoms with Gasteiger partial charge in [-0.3, -0.25) is 4.79 Å². The third-order valence-electron chi connectivity index (χ3n) is 3.14. The summed E-state index contributed by atoms with van der Waals surface area (Å²) in [7, 11) is 1.52. The molecule has 0 aliphatic rings. The Kier molecular flexibility index (Phi) is 6.82. The maximum Gasteiger partial charge on any atom is 0.338 e. The van der Waals surface area contributed by atoms with E-state index in [9.17, 15) is 9.59 Å². The van der Waals surface area contributed by atoms with Crippen molar-refractivity contribution in [1.29, 1.82) is 0 Å². The molecule has 0 aliphatic heterocycles. The quantitative estimate of drug-likeness (QED) is 0.708. The van der Waals surface area contributed by atoms with Crippen LogP contribution in [0.25, 0.3) is 0 Å². The van der Waals surface area contributed by atoms with Gasteiger partial charge < -0.3 is 19.5 Å². The minimum Gasteiger partial charge on any atom is -0.493 e. The van der Waals surface area contributed by atoms with Crippen LogP contribution in [-0.4, -0.2) is 32.2 Å². The Bertz CT molecular complexity index is 763. The summed E-state index contributed by atoms with van der Waals surface area (Å²) in [6, 6.07) is 11.8. The SMILES string of the molecule is CCOc1cc(C(=O)OCC(=O)Nc2cccc(Br)c2)ccc1OC. The first-order chi connectivity index (χ1) is 12.0. The first kappa shape index (κ1) is 18.8. The third kappa shape index (κ3) is 5.49. The smallest absolute Gasteiger partial charge is 0.338 e. The van der Waals surface area contributed by atoms with E-state index in [1.807, 2.05) is 13.0 Å². The van der Waals surface area contributed by atoms with Crippen molar-refractivity contribution in [2.75, 3.05) is 25.6 Å². The Hall–Kier alpha value is -2.54. The van der Waals surface area contributed by atoms with Crippen molar-refractivity contribution in [3.8, 4) is 11.5 Å². The number of methoxy groups -OCH3 is 1. The van der Waals surface area contributed by atoms with Crippen molar-refractivity contribution in [3.63, 3.8) is 0 Å². The van der Waals surface area contributed by atoms with Crippen molar-refractivity contribution in [2.24, 2.45) is 0 Å². The second kappa shape index (κ2) is 9.08. The van der Waals surface area contributed by atoms with Gasteiger partial charge in [-0.2, -0.15) is 0 Å². The van der Waals surface area contributed by atoms with Crippen LogP contribution in [-0.2, 0) is 9.53 Å². The molecule has 0 fully saturated rings. The summed E-state index contributed by atoms with van der Waals surface area (Å²) in [5, 5.41) is 2.65. The Morgan fingerprint density at radius 2 is 1.92 bits per heavy atom. The molecular formula is C18H18BrNO5. The summed E-state index contributed by atoms with van der Waals surface area (Å²) in [6.45, 7) is 1.88. The fraction of sp³-hybridized carbons (Fsp3) is 0.222. The van der Waals surface area contributed by atoms with Crippen LogP contribution in [0.2, 0.25) is 0 Å². The predicted octanol–water partition coefficient (Wildman–Crippen LogP) is 3.65. The zero-order valence-electron chi connectivity index (χ0n) is 13.9. The van der Waals surface area contributed by atoms with E-state index in [0.29, 0.717) is 23.8 Å². The lowest BCUT2D eigenvalue weighted by molar-refractivity contribution is -0.119. The Morgan fingerprint density at radius 3 is 2.60 bits per heavy atom. The predicted molar refractivity (Wildman–Crippen MR) is 97.2 cm³/mol. The van der Waals surface area contributed by atoms with Crippen molar-refractivity contribution >= 4 is 33.5 Å². The molecule has 2 rings (SSSR count). The van der Waals surface area contributed by atoms with E-state index in [2.05, 4.69) is 21.2 Å². The number of rotatable bonds is 7. The molecule has 2 aromatic carbocycles. The fourth-order valence-electron chi connectivity index (χ4n) is 2.05. The minimum absolute atomic E-state index is 0.277. The van der Waals surface area contributed by atoms with Gasteiger partial charge in [-0.25, -0.2) is 4.79 Å². The number of anilines is 1. The normalized spacial score (nSPS) is 10.0. The third-order valence-corrected chi connectivity index (χ3v) is 3.64. The number of benzene rings is 2. The molecule has 0 saturated heterocycles. The van der Waals surface area contributed by atoms with Crippen LogP contribution >= 0.6 is 15.9 Å². The first-order valence-corrected chi connectivity index (χ1v) is 8.36. The van der Waals surface area contributed by atoms with Crippen LogP contribution in [0.1, 0.15) is 17.3 Å².